The average Bonchev–Trinajstić information content (AvgIpc) is 2.90. The molecule has 1 heterocycles. The highest BCUT2D eigenvalue weighted by Gasteiger charge is 2.18. The van der Waals surface area contributed by atoms with Crippen molar-refractivity contribution in [2.75, 3.05) is 19.7 Å². The van der Waals surface area contributed by atoms with Gasteiger partial charge in [-0.25, -0.2) is 0 Å². The van der Waals surface area contributed by atoms with E-state index in [4.69, 9.17) is 4.74 Å². The Morgan fingerprint density at radius 2 is 2.20 bits per heavy atom. The van der Waals surface area contributed by atoms with Gasteiger partial charge in [0.15, 0.2) is 0 Å². The van der Waals surface area contributed by atoms with Crippen molar-refractivity contribution in [1.29, 1.82) is 0 Å². The summed E-state index contributed by atoms with van der Waals surface area (Å²) >= 11 is 0. The Kier molecular flexibility index (Phi) is 5.41. The van der Waals surface area contributed by atoms with Gasteiger partial charge in [-0.2, -0.15) is 0 Å². The highest BCUT2D eigenvalue weighted by molar-refractivity contribution is 5.76. The molecule has 0 radical (unpaired) electrons. The van der Waals surface area contributed by atoms with E-state index in [-0.39, 0.29) is 11.9 Å². The number of hydrogen-bond acceptors (Lipinski definition) is 3. The number of nitrogens with one attached hydrogen (secondary N) is 2. The van der Waals surface area contributed by atoms with Crippen molar-refractivity contribution in [3.63, 3.8) is 0 Å². The monoisotopic (exact) mass is 276 g/mol. The van der Waals surface area contributed by atoms with Gasteiger partial charge >= 0.3 is 0 Å². The van der Waals surface area contributed by atoms with E-state index in [1.807, 2.05) is 38.1 Å². The number of rotatable bonds is 6. The first kappa shape index (κ1) is 14.9. The molecule has 1 fully saturated rings. The average molecular weight is 276 g/mol. The molecule has 0 aromatic heterocycles. The van der Waals surface area contributed by atoms with Crippen molar-refractivity contribution in [2.24, 2.45) is 5.92 Å². The molecule has 110 valence electrons. The van der Waals surface area contributed by atoms with Crippen LogP contribution < -0.4 is 15.4 Å². The van der Waals surface area contributed by atoms with Gasteiger partial charge in [0.2, 0.25) is 5.91 Å². The van der Waals surface area contributed by atoms with E-state index < -0.39 is 0 Å². The van der Waals surface area contributed by atoms with Crippen molar-refractivity contribution >= 4 is 5.91 Å². The van der Waals surface area contributed by atoms with Crippen LogP contribution in [0.4, 0.5) is 0 Å². The van der Waals surface area contributed by atoms with Gasteiger partial charge in [-0.15, -0.1) is 0 Å². The molecule has 2 unspecified atom stereocenters. The second-order valence-electron chi connectivity index (χ2n) is 5.66. The largest absolute Gasteiger partial charge is 0.491 e. The van der Waals surface area contributed by atoms with Crippen molar-refractivity contribution in [1.82, 2.24) is 10.6 Å². The fourth-order valence-electron chi connectivity index (χ4n) is 2.38. The Balaban J connectivity index is 1.67. The molecule has 1 aliphatic heterocycles. The molecule has 1 aromatic rings. The summed E-state index contributed by atoms with van der Waals surface area (Å²) in [5.41, 5.74) is 1.21. The summed E-state index contributed by atoms with van der Waals surface area (Å²) in [5, 5.41) is 6.27. The first-order valence-corrected chi connectivity index (χ1v) is 7.33. The number of carbonyl (C=O) groups excluding carboxylic acids is 1. The summed E-state index contributed by atoms with van der Waals surface area (Å²) in [4.78, 5) is 11.9. The number of ether oxygens (including phenoxy) is 1. The van der Waals surface area contributed by atoms with Gasteiger partial charge < -0.3 is 15.4 Å². The molecule has 0 aliphatic carbocycles. The van der Waals surface area contributed by atoms with Crippen molar-refractivity contribution in [2.45, 2.75) is 32.7 Å². The summed E-state index contributed by atoms with van der Waals surface area (Å²) < 4.78 is 5.67. The van der Waals surface area contributed by atoms with E-state index in [2.05, 4.69) is 10.6 Å². The molecule has 0 bridgehead atoms. The van der Waals surface area contributed by atoms with Crippen LogP contribution in [0.5, 0.6) is 5.75 Å². The second kappa shape index (κ2) is 7.29. The molecule has 2 atom stereocenters. The predicted molar refractivity (Wildman–Crippen MR) is 79.9 cm³/mol. The van der Waals surface area contributed by atoms with Crippen LogP contribution in [-0.4, -0.2) is 31.6 Å². The molecule has 1 saturated heterocycles. The molecule has 0 spiro atoms. The zero-order chi connectivity index (χ0) is 14.4. The maximum Gasteiger partial charge on any atom is 0.220 e. The molecule has 4 heteroatoms. The minimum absolute atomic E-state index is 0.0261. The highest BCUT2D eigenvalue weighted by Crippen LogP contribution is 2.13. The summed E-state index contributed by atoms with van der Waals surface area (Å²) in [5.74, 6) is 1.45. The first-order chi connectivity index (χ1) is 9.63. The SMILES string of the molecule is Cc1ccc(OCC(C)NC(=O)CC2CCNC2)cc1. The van der Waals surface area contributed by atoms with Gasteiger partial charge in [0, 0.05) is 6.42 Å². The molecule has 0 saturated carbocycles. The lowest BCUT2D eigenvalue weighted by molar-refractivity contribution is -0.122. The quantitative estimate of drug-likeness (QED) is 0.834. The lowest BCUT2D eigenvalue weighted by Gasteiger charge is -2.16. The number of aryl methyl sites for hydroxylation is 1. The van der Waals surface area contributed by atoms with Crippen LogP contribution in [0.25, 0.3) is 0 Å². The Morgan fingerprint density at radius 1 is 1.45 bits per heavy atom. The molecule has 1 amide bonds. The number of hydrogen-bond donors (Lipinski definition) is 2. The van der Waals surface area contributed by atoms with E-state index >= 15 is 0 Å². The first-order valence-electron chi connectivity index (χ1n) is 7.33. The van der Waals surface area contributed by atoms with Crippen LogP contribution >= 0.6 is 0 Å². The molecule has 2 rings (SSSR count). The smallest absolute Gasteiger partial charge is 0.220 e. The Labute approximate surface area is 120 Å². The van der Waals surface area contributed by atoms with E-state index in [0.29, 0.717) is 18.9 Å². The summed E-state index contributed by atoms with van der Waals surface area (Å²) in [6, 6.07) is 7.97. The van der Waals surface area contributed by atoms with Gasteiger partial charge in [-0.3, -0.25) is 4.79 Å². The van der Waals surface area contributed by atoms with Gasteiger partial charge in [0.1, 0.15) is 12.4 Å². The minimum Gasteiger partial charge on any atom is -0.491 e. The number of amides is 1. The molecular formula is C16H24N2O2. The van der Waals surface area contributed by atoms with Crippen LogP contribution in [0.2, 0.25) is 0 Å². The zero-order valence-corrected chi connectivity index (χ0v) is 12.3. The fraction of sp³-hybridized carbons (Fsp3) is 0.562. The normalized spacial score (nSPS) is 19.6. The van der Waals surface area contributed by atoms with Gasteiger partial charge in [0.05, 0.1) is 6.04 Å². The van der Waals surface area contributed by atoms with E-state index in [1.54, 1.807) is 0 Å². The molecule has 1 aromatic carbocycles. The third-order valence-electron chi connectivity index (χ3n) is 3.56. The molecule has 4 nitrogen and oxygen atoms in total. The van der Waals surface area contributed by atoms with Crippen molar-refractivity contribution in [3.8, 4) is 5.75 Å². The van der Waals surface area contributed by atoms with Crippen LogP contribution in [0.15, 0.2) is 24.3 Å². The molecule has 2 N–H and O–H groups in total. The van der Waals surface area contributed by atoms with Crippen LogP contribution in [0.1, 0.15) is 25.3 Å². The van der Waals surface area contributed by atoms with E-state index in [1.165, 1.54) is 5.56 Å². The zero-order valence-electron chi connectivity index (χ0n) is 12.3. The topological polar surface area (TPSA) is 50.4 Å². The lowest BCUT2D eigenvalue weighted by atomic mass is 10.0. The fourth-order valence-corrected chi connectivity index (χ4v) is 2.38. The summed E-state index contributed by atoms with van der Waals surface area (Å²) in [6.07, 6.45) is 1.71. The van der Waals surface area contributed by atoms with Crippen LogP contribution in [0, 0.1) is 12.8 Å². The lowest BCUT2D eigenvalue weighted by Crippen LogP contribution is -2.37. The maximum atomic E-state index is 11.9. The Hall–Kier alpha value is -1.55. The van der Waals surface area contributed by atoms with Crippen molar-refractivity contribution in [3.05, 3.63) is 29.8 Å². The number of benzene rings is 1. The predicted octanol–water partition coefficient (Wildman–Crippen LogP) is 1.88. The van der Waals surface area contributed by atoms with Crippen LogP contribution in [0.3, 0.4) is 0 Å². The Bertz CT molecular complexity index is 425. The molecule has 1 aliphatic rings. The molecular weight excluding hydrogens is 252 g/mol. The third-order valence-corrected chi connectivity index (χ3v) is 3.56. The summed E-state index contributed by atoms with van der Waals surface area (Å²) in [6.45, 7) is 6.51. The summed E-state index contributed by atoms with van der Waals surface area (Å²) in [7, 11) is 0. The third kappa shape index (κ3) is 4.85. The highest BCUT2D eigenvalue weighted by atomic mass is 16.5. The van der Waals surface area contributed by atoms with Crippen molar-refractivity contribution < 1.29 is 9.53 Å². The van der Waals surface area contributed by atoms with E-state index in [9.17, 15) is 4.79 Å². The standard InChI is InChI=1S/C16H24N2O2/c1-12-3-5-15(6-4-12)20-11-13(2)18-16(19)9-14-7-8-17-10-14/h3-6,13-14,17H,7-11H2,1-2H3,(H,18,19). The molecule has 20 heavy (non-hydrogen) atoms. The Morgan fingerprint density at radius 3 is 2.85 bits per heavy atom. The van der Waals surface area contributed by atoms with Gasteiger partial charge in [-0.1, -0.05) is 17.7 Å². The van der Waals surface area contributed by atoms with Gasteiger partial charge in [0.25, 0.3) is 0 Å². The van der Waals surface area contributed by atoms with Gasteiger partial charge in [-0.05, 0) is 51.4 Å². The maximum absolute atomic E-state index is 11.9. The minimum atomic E-state index is 0.0261. The number of carbonyl (C=O) groups is 1. The van der Waals surface area contributed by atoms with Crippen LogP contribution in [-0.2, 0) is 4.79 Å². The van der Waals surface area contributed by atoms with E-state index in [0.717, 1.165) is 25.3 Å². The second-order valence-corrected chi connectivity index (χ2v) is 5.66.